The average Bonchev–Trinajstić information content (AvgIpc) is 2.47. The van der Waals surface area contributed by atoms with Gasteiger partial charge < -0.3 is 15.3 Å². The molecule has 1 aliphatic heterocycles. The number of hydrogen-bond donors (Lipinski definition) is 2. The molecule has 5 nitrogen and oxygen atoms in total. The molecule has 1 aliphatic rings. The number of hydrogen-bond acceptors (Lipinski definition) is 2. The van der Waals surface area contributed by atoms with Gasteiger partial charge in [-0.05, 0) is 32.3 Å². The summed E-state index contributed by atoms with van der Waals surface area (Å²) in [5, 5.41) is 12.1. The van der Waals surface area contributed by atoms with Gasteiger partial charge in [-0.2, -0.15) is 0 Å². The smallest absolute Gasteiger partial charge is 0.317 e. The van der Waals surface area contributed by atoms with Crippen LogP contribution in [0.2, 0.25) is 0 Å². The number of aliphatic carboxylic acids is 1. The van der Waals surface area contributed by atoms with Crippen LogP contribution >= 0.6 is 0 Å². The Balaban J connectivity index is 1.82. The number of carbonyl (C=O) groups is 2. The van der Waals surface area contributed by atoms with Crippen LogP contribution in [0, 0.1) is 12.3 Å². The van der Waals surface area contributed by atoms with Crippen LogP contribution in [0.1, 0.15) is 30.9 Å². The molecule has 1 aromatic rings. The number of amides is 2. The summed E-state index contributed by atoms with van der Waals surface area (Å²) in [5.41, 5.74) is 1.55. The van der Waals surface area contributed by atoms with Crippen molar-refractivity contribution in [3.63, 3.8) is 0 Å². The Morgan fingerprint density at radius 1 is 1.24 bits per heavy atom. The zero-order valence-corrected chi connectivity index (χ0v) is 12.6. The molecule has 2 rings (SSSR count). The van der Waals surface area contributed by atoms with Crippen molar-refractivity contribution in [2.24, 2.45) is 5.41 Å². The number of urea groups is 1. The Kier molecular flexibility index (Phi) is 4.50. The maximum atomic E-state index is 12.1. The number of likely N-dealkylation sites (tertiary alicyclic amines) is 1. The molecule has 114 valence electrons. The summed E-state index contributed by atoms with van der Waals surface area (Å²) in [7, 11) is 0. The Morgan fingerprint density at radius 2 is 1.81 bits per heavy atom. The molecule has 0 unspecified atom stereocenters. The summed E-state index contributed by atoms with van der Waals surface area (Å²) in [6.45, 7) is 5.24. The standard InChI is InChI=1S/C16H22N2O3/c1-12-3-5-13(6-4-12)11-17-15(21)18-9-7-16(2,8-10-18)14(19)20/h3-6H,7-11H2,1-2H3,(H,17,21)(H,19,20). The molecule has 1 aromatic carbocycles. The van der Waals surface area contributed by atoms with Gasteiger partial charge in [0.05, 0.1) is 5.41 Å². The van der Waals surface area contributed by atoms with Crippen LogP contribution in [0.15, 0.2) is 24.3 Å². The fourth-order valence-electron chi connectivity index (χ4n) is 2.41. The molecule has 0 spiro atoms. The summed E-state index contributed by atoms with van der Waals surface area (Å²) in [5.74, 6) is -0.776. The third-order valence-corrected chi connectivity index (χ3v) is 4.23. The quantitative estimate of drug-likeness (QED) is 0.898. The van der Waals surface area contributed by atoms with Gasteiger partial charge in [0.2, 0.25) is 0 Å². The van der Waals surface area contributed by atoms with E-state index in [1.54, 1.807) is 11.8 Å². The maximum Gasteiger partial charge on any atom is 0.317 e. The Labute approximate surface area is 125 Å². The Hall–Kier alpha value is -2.04. The molecule has 2 amide bonds. The Bertz CT molecular complexity index is 517. The second kappa shape index (κ2) is 6.16. The second-order valence-corrected chi connectivity index (χ2v) is 6.00. The van der Waals surface area contributed by atoms with Gasteiger partial charge in [-0.1, -0.05) is 29.8 Å². The van der Waals surface area contributed by atoms with E-state index in [1.165, 1.54) is 5.56 Å². The number of aryl methyl sites for hydroxylation is 1. The van der Waals surface area contributed by atoms with Crippen molar-refractivity contribution >= 4 is 12.0 Å². The lowest BCUT2D eigenvalue weighted by atomic mass is 9.80. The minimum absolute atomic E-state index is 0.122. The molecule has 0 aromatic heterocycles. The molecule has 0 aliphatic carbocycles. The van der Waals surface area contributed by atoms with Crippen molar-refractivity contribution in [2.45, 2.75) is 33.2 Å². The van der Waals surface area contributed by atoms with Gasteiger partial charge in [-0.3, -0.25) is 4.79 Å². The number of nitrogens with one attached hydrogen (secondary N) is 1. The summed E-state index contributed by atoms with van der Waals surface area (Å²) in [4.78, 5) is 25.0. The molecule has 1 heterocycles. The fourth-order valence-corrected chi connectivity index (χ4v) is 2.41. The van der Waals surface area contributed by atoms with Crippen molar-refractivity contribution in [1.82, 2.24) is 10.2 Å². The highest BCUT2D eigenvalue weighted by Gasteiger charge is 2.37. The van der Waals surface area contributed by atoms with Crippen LogP contribution in [-0.2, 0) is 11.3 Å². The van der Waals surface area contributed by atoms with Gasteiger partial charge in [0.25, 0.3) is 0 Å². The minimum Gasteiger partial charge on any atom is -0.481 e. The number of carboxylic acid groups (broad SMARTS) is 1. The third kappa shape index (κ3) is 3.74. The molecule has 0 bridgehead atoms. The zero-order valence-electron chi connectivity index (χ0n) is 12.6. The van der Waals surface area contributed by atoms with E-state index in [1.807, 2.05) is 31.2 Å². The molecule has 5 heteroatoms. The first kappa shape index (κ1) is 15.4. The summed E-state index contributed by atoms with van der Waals surface area (Å²) in [6.07, 6.45) is 1.00. The molecule has 0 radical (unpaired) electrons. The number of rotatable bonds is 3. The molecular formula is C16H22N2O3. The van der Waals surface area contributed by atoms with Gasteiger partial charge in [0.1, 0.15) is 0 Å². The van der Waals surface area contributed by atoms with Gasteiger partial charge in [0.15, 0.2) is 0 Å². The van der Waals surface area contributed by atoms with Crippen LogP contribution in [0.3, 0.4) is 0 Å². The van der Waals surface area contributed by atoms with Crippen LogP contribution < -0.4 is 5.32 Å². The summed E-state index contributed by atoms with van der Waals surface area (Å²) < 4.78 is 0. The molecule has 2 N–H and O–H groups in total. The number of carboxylic acids is 1. The van der Waals surface area contributed by atoms with Crippen LogP contribution in [0.4, 0.5) is 4.79 Å². The van der Waals surface area contributed by atoms with E-state index in [0.29, 0.717) is 32.5 Å². The van der Waals surface area contributed by atoms with Crippen molar-refractivity contribution < 1.29 is 14.7 Å². The maximum absolute atomic E-state index is 12.1. The van der Waals surface area contributed by atoms with E-state index in [-0.39, 0.29) is 6.03 Å². The topological polar surface area (TPSA) is 69.6 Å². The van der Waals surface area contributed by atoms with E-state index >= 15 is 0 Å². The lowest BCUT2D eigenvalue weighted by Crippen LogP contribution is -2.48. The van der Waals surface area contributed by atoms with Gasteiger partial charge >= 0.3 is 12.0 Å². The van der Waals surface area contributed by atoms with Crippen LogP contribution in [-0.4, -0.2) is 35.1 Å². The van der Waals surface area contributed by atoms with Gasteiger partial charge in [-0.15, -0.1) is 0 Å². The third-order valence-electron chi connectivity index (χ3n) is 4.23. The molecule has 0 atom stereocenters. The van der Waals surface area contributed by atoms with E-state index in [4.69, 9.17) is 0 Å². The lowest BCUT2D eigenvalue weighted by Gasteiger charge is -2.36. The monoisotopic (exact) mass is 290 g/mol. The lowest BCUT2D eigenvalue weighted by molar-refractivity contribution is -0.150. The van der Waals surface area contributed by atoms with Crippen molar-refractivity contribution in [3.05, 3.63) is 35.4 Å². The SMILES string of the molecule is Cc1ccc(CNC(=O)N2CCC(C)(C(=O)O)CC2)cc1. The molecular weight excluding hydrogens is 268 g/mol. The highest BCUT2D eigenvalue weighted by molar-refractivity contribution is 5.77. The van der Waals surface area contributed by atoms with Crippen molar-refractivity contribution in [3.8, 4) is 0 Å². The van der Waals surface area contributed by atoms with Crippen molar-refractivity contribution in [2.75, 3.05) is 13.1 Å². The van der Waals surface area contributed by atoms with Gasteiger partial charge in [0, 0.05) is 19.6 Å². The predicted octanol–water partition coefficient (Wildman–Crippen LogP) is 2.39. The highest BCUT2D eigenvalue weighted by Crippen LogP contribution is 2.30. The van der Waals surface area contributed by atoms with Gasteiger partial charge in [-0.25, -0.2) is 4.79 Å². The normalized spacial score (nSPS) is 17.3. The van der Waals surface area contributed by atoms with E-state index in [2.05, 4.69) is 5.32 Å². The predicted molar refractivity (Wildman–Crippen MR) is 80.0 cm³/mol. The molecule has 0 saturated carbocycles. The zero-order chi connectivity index (χ0) is 15.5. The number of nitrogens with zero attached hydrogens (tertiary/aromatic N) is 1. The first-order valence-electron chi connectivity index (χ1n) is 7.22. The summed E-state index contributed by atoms with van der Waals surface area (Å²) >= 11 is 0. The second-order valence-electron chi connectivity index (χ2n) is 6.00. The minimum atomic E-state index is -0.776. The Morgan fingerprint density at radius 3 is 2.33 bits per heavy atom. The van der Waals surface area contributed by atoms with Crippen LogP contribution in [0.5, 0.6) is 0 Å². The summed E-state index contributed by atoms with van der Waals surface area (Å²) in [6, 6.07) is 7.89. The fraction of sp³-hybridized carbons (Fsp3) is 0.500. The molecule has 1 fully saturated rings. The highest BCUT2D eigenvalue weighted by atomic mass is 16.4. The van der Waals surface area contributed by atoms with E-state index in [9.17, 15) is 14.7 Å². The average molecular weight is 290 g/mol. The molecule has 21 heavy (non-hydrogen) atoms. The van der Waals surface area contributed by atoms with Crippen LogP contribution in [0.25, 0.3) is 0 Å². The number of carbonyl (C=O) groups excluding carboxylic acids is 1. The van der Waals surface area contributed by atoms with E-state index < -0.39 is 11.4 Å². The number of benzene rings is 1. The first-order chi connectivity index (χ1) is 9.90. The number of piperidine rings is 1. The van der Waals surface area contributed by atoms with E-state index in [0.717, 1.165) is 5.56 Å². The largest absolute Gasteiger partial charge is 0.481 e. The van der Waals surface area contributed by atoms with Crippen molar-refractivity contribution in [1.29, 1.82) is 0 Å². The first-order valence-corrected chi connectivity index (χ1v) is 7.22. The molecule has 1 saturated heterocycles.